The molecule has 0 radical (unpaired) electrons. The maximum absolute atomic E-state index is 13.4. The number of hydrogen-bond donors (Lipinski definition) is 0. The SMILES string of the molecule is CCOC(=O)Cc1c(Cl)ccc(F)c1CBr. The van der Waals surface area contributed by atoms with Gasteiger partial charge in [-0.2, -0.15) is 0 Å². The van der Waals surface area contributed by atoms with Gasteiger partial charge in [-0.1, -0.05) is 27.5 Å². The summed E-state index contributed by atoms with van der Waals surface area (Å²) in [5, 5.41) is 0.692. The summed E-state index contributed by atoms with van der Waals surface area (Å²) in [6.07, 6.45) is -0.00856. The van der Waals surface area contributed by atoms with Crippen LogP contribution < -0.4 is 0 Å². The van der Waals surface area contributed by atoms with Crippen molar-refractivity contribution in [2.24, 2.45) is 0 Å². The monoisotopic (exact) mass is 308 g/mol. The Hall–Kier alpha value is -0.610. The Morgan fingerprint density at radius 1 is 1.50 bits per heavy atom. The molecule has 16 heavy (non-hydrogen) atoms. The highest BCUT2D eigenvalue weighted by atomic mass is 79.9. The summed E-state index contributed by atoms with van der Waals surface area (Å²) in [6, 6.07) is 2.73. The van der Waals surface area contributed by atoms with Crippen LogP contribution in [0.3, 0.4) is 0 Å². The Kier molecular flexibility index (Phi) is 5.22. The van der Waals surface area contributed by atoms with E-state index in [1.807, 2.05) is 0 Å². The van der Waals surface area contributed by atoms with Crippen LogP contribution in [0.2, 0.25) is 5.02 Å². The molecule has 88 valence electrons. The van der Waals surface area contributed by atoms with Gasteiger partial charge in [0.25, 0.3) is 0 Å². The zero-order valence-electron chi connectivity index (χ0n) is 8.73. The van der Waals surface area contributed by atoms with Crippen molar-refractivity contribution in [3.63, 3.8) is 0 Å². The first-order chi connectivity index (χ1) is 7.60. The van der Waals surface area contributed by atoms with Crippen molar-refractivity contribution in [3.8, 4) is 0 Å². The van der Waals surface area contributed by atoms with Gasteiger partial charge in [-0.25, -0.2) is 4.39 Å². The van der Waals surface area contributed by atoms with Crippen molar-refractivity contribution < 1.29 is 13.9 Å². The number of alkyl halides is 1. The maximum Gasteiger partial charge on any atom is 0.310 e. The van der Waals surface area contributed by atoms with E-state index in [4.69, 9.17) is 16.3 Å². The minimum atomic E-state index is -0.405. The van der Waals surface area contributed by atoms with Gasteiger partial charge in [0.05, 0.1) is 13.0 Å². The summed E-state index contributed by atoms with van der Waals surface area (Å²) < 4.78 is 18.2. The van der Waals surface area contributed by atoms with E-state index in [9.17, 15) is 9.18 Å². The van der Waals surface area contributed by atoms with E-state index in [0.717, 1.165) is 0 Å². The van der Waals surface area contributed by atoms with Gasteiger partial charge >= 0.3 is 5.97 Å². The molecule has 1 aromatic carbocycles. The molecule has 0 heterocycles. The molecule has 0 atom stereocenters. The van der Waals surface area contributed by atoms with Crippen LogP contribution in [0.25, 0.3) is 0 Å². The molecular weight excluding hydrogens is 298 g/mol. The minimum absolute atomic E-state index is 0.00856. The zero-order chi connectivity index (χ0) is 12.1. The van der Waals surface area contributed by atoms with Crippen LogP contribution in [0.1, 0.15) is 18.1 Å². The third-order valence-electron chi connectivity index (χ3n) is 2.08. The number of benzene rings is 1. The predicted octanol–water partition coefficient (Wildman–Crippen LogP) is 3.48. The van der Waals surface area contributed by atoms with Crippen molar-refractivity contribution in [3.05, 3.63) is 34.1 Å². The molecule has 0 saturated heterocycles. The second-order valence-electron chi connectivity index (χ2n) is 3.10. The third-order valence-corrected chi connectivity index (χ3v) is 2.99. The maximum atomic E-state index is 13.4. The van der Waals surface area contributed by atoms with Gasteiger partial charge in [-0.15, -0.1) is 0 Å². The van der Waals surface area contributed by atoms with Crippen LogP contribution in [0, 0.1) is 5.82 Å². The predicted molar refractivity (Wildman–Crippen MR) is 64.4 cm³/mol. The third kappa shape index (κ3) is 3.19. The van der Waals surface area contributed by atoms with Gasteiger partial charge < -0.3 is 4.74 Å². The molecule has 5 heteroatoms. The summed E-state index contributed by atoms with van der Waals surface area (Å²) in [5.74, 6) is -0.780. The minimum Gasteiger partial charge on any atom is -0.466 e. The lowest BCUT2D eigenvalue weighted by Crippen LogP contribution is -2.10. The Morgan fingerprint density at radius 3 is 2.75 bits per heavy atom. The summed E-state index contributed by atoms with van der Waals surface area (Å²) in [4.78, 5) is 11.3. The van der Waals surface area contributed by atoms with Crippen LogP contribution in [-0.4, -0.2) is 12.6 Å². The van der Waals surface area contributed by atoms with Gasteiger partial charge in [0.2, 0.25) is 0 Å². The van der Waals surface area contributed by atoms with E-state index >= 15 is 0 Å². The number of carbonyl (C=O) groups is 1. The number of carbonyl (C=O) groups excluding carboxylic acids is 1. The van der Waals surface area contributed by atoms with Gasteiger partial charge in [-0.05, 0) is 24.6 Å². The summed E-state index contributed by atoms with van der Waals surface area (Å²) in [6.45, 7) is 2.02. The summed E-state index contributed by atoms with van der Waals surface area (Å²) in [5.41, 5.74) is 0.887. The fourth-order valence-electron chi connectivity index (χ4n) is 1.33. The molecular formula is C11H11BrClFO2. The fraction of sp³-hybridized carbons (Fsp3) is 0.364. The highest BCUT2D eigenvalue weighted by Crippen LogP contribution is 2.25. The molecule has 0 amide bonds. The molecule has 0 aliphatic carbocycles. The highest BCUT2D eigenvalue weighted by molar-refractivity contribution is 9.08. The molecule has 0 unspecified atom stereocenters. The Bertz CT molecular complexity index is 396. The first-order valence-corrected chi connectivity index (χ1v) is 6.27. The van der Waals surface area contributed by atoms with E-state index in [1.54, 1.807) is 6.92 Å². The normalized spacial score (nSPS) is 10.2. The molecule has 0 saturated carbocycles. The summed E-state index contributed by atoms with van der Waals surface area (Å²) in [7, 11) is 0. The van der Waals surface area contributed by atoms with Gasteiger partial charge in [-0.3, -0.25) is 4.79 Å². The lowest BCUT2D eigenvalue weighted by Gasteiger charge is -2.10. The van der Waals surface area contributed by atoms with E-state index in [2.05, 4.69) is 15.9 Å². The number of halogens is 3. The molecule has 2 nitrogen and oxygen atoms in total. The van der Waals surface area contributed by atoms with Gasteiger partial charge in [0, 0.05) is 15.9 Å². The van der Waals surface area contributed by atoms with Crippen molar-refractivity contribution >= 4 is 33.5 Å². The fourth-order valence-corrected chi connectivity index (χ4v) is 2.18. The quantitative estimate of drug-likeness (QED) is 0.629. The van der Waals surface area contributed by atoms with E-state index in [0.29, 0.717) is 28.1 Å². The summed E-state index contributed by atoms with van der Waals surface area (Å²) >= 11 is 9.10. The molecule has 0 N–H and O–H groups in total. The standard InChI is InChI=1S/C11H11BrClFO2/c1-2-16-11(15)5-7-8(6-12)10(14)4-3-9(7)13/h3-4H,2,5-6H2,1H3. The van der Waals surface area contributed by atoms with Crippen LogP contribution >= 0.6 is 27.5 Å². The van der Waals surface area contributed by atoms with Crippen molar-refractivity contribution in [2.75, 3.05) is 6.61 Å². The van der Waals surface area contributed by atoms with Crippen LogP contribution in [0.15, 0.2) is 12.1 Å². The van der Waals surface area contributed by atoms with Gasteiger partial charge in [0.15, 0.2) is 0 Å². The first kappa shape index (κ1) is 13.5. The number of rotatable bonds is 4. The lowest BCUT2D eigenvalue weighted by atomic mass is 10.1. The van der Waals surface area contributed by atoms with Crippen LogP contribution in [-0.2, 0) is 21.3 Å². The second kappa shape index (κ2) is 6.21. The lowest BCUT2D eigenvalue weighted by molar-refractivity contribution is -0.142. The van der Waals surface area contributed by atoms with Gasteiger partial charge in [0.1, 0.15) is 5.82 Å². The Balaban J connectivity index is 3.01. The largest absolute Gasteiger partial charge is 0.466 e. The molecule has 0 aromatic heterocycles. The van der Waals surface area contributed by atoms with Crippen molar-refractivity contribution in [1.29, 1.82) is 0 Å². The Morgan fingerprint density at radius 2 is 2.19 bits per heavy atom. The smallest absolute Gasteiger partial charge is 0.310 e. The molecule has 0 bridgehead atoms. The average Bonchev–Trinajstić information content (AvgIpc) is 2.24. The molecule has 0 spiro atoms. The van der Waals surface area contributed by atoms with Crippen LogP contribution in [0.4, 0.5) is 4.39 Å². The van der Waals surface area contributed by atoms with Crippen LogP contribution in [0.5, 0.6) is 0 Å². The first-order valence-electron chi connectivity index (χ1n) is 4.77. The van der Waals surface area contributed by atoms with E-state index < -0.39 is 5.97 Å². The number of ether oxygens (including phenoxy) is 1. The Labute approximate surface area is 107 Å². The molecule has 1 aromatic rings. The molecule has 0 fully saturated rings. The van der Waals surface area contributed by atoms with E-state index in [-0.39, 0.29) is 12.2 Å². The zero-order valence-corrected chi connectivity index (χ0v) is 11.1. The van der Waals surface area contributed by atoms with Crippen molar-refractivity contribution in [2.45, 2.75) is 18.7 Å². The topological polar surface area (TPSA) is 26.3 Å². The van der Waals surface area contributed by atoms with E-state index in [1.165, 1.54) is 12.1 Å². The average molecular weight is 310 g/mol. The second-order valence-corrected chi connectivity index (χ2v) is 4.07. The molecule has 0 aliphatic heterocycles. The molecule has 1 rings (SSSR count). The highest BCUT2D eigenvalue weighted by Gasteiger charge is 2.15. The number of esters is 1. The number of hydrogen-bond acceptors (Lipinski definition) is 2. The molecule has 0 aliphatic rings. The van der Waals surface area contributed by atoms with Crippen molar-refractivity contribution in [1.82, 2.24) is 0 Å².